The second-order valence-electron chi connectivity index (χ2n) is 4.23. The molecule has 1 aliphatic heterocycles. The Bertz CT molecular complexity index is 403. The van der Waals surface area contributed by atoms with E-state index in [1.807, 2.05) is 12.1 Å². The molecule has 2 rings (SSSR count). The molecule has 4 nitrogen and oxygen atoms in total. The Morgan fingerprint density at radius 3 is 3.12 bits per heavy atom. The number of hydrogen-bond donors (Lipinski definition) is 0. The second kappa shape index (κ2) is 4.51. The first kappa shape index (κ1) is 10.9. The van der Waals surface area contributed by atoms with Gasteiger partial charge in [0.15, 0.2) is 0 Å². The van der Waals surface area contributed by atoms with Crippen molar-refractivity contribution in [2.24, 2.45) is 0 Å². The molecule has 16 heavy (non-hydrogen) atoms. The van der Waals surface area contributed by atoms with Crippen LogP contribution in [-0.4, -0.2) is 17.6 Å². The van der Waals surface area contributed by atoms with Gasteiger partial charge in [-0.05, 0) is 31.4 Å². The third kappa shape index (κ3) is 2.51. The summed E-state index contributed by atoms with van der Waals surface area (Å²) in [5.74, 6) is 0.894. The molecule has 1 aliphatic rings. The van der Waals surface area contributed by atoms with E-state index in [0.717, 1.165) is 18.6 Å². The van der Waals surface area contributed by atoms with Crippen molar-refractivity contribution in [3.63, 3.8) is 0 Å². The van der Waals surface area contributed by atoms with E-state index < -0.39 is 0 Å². The van der Waals surface area contributed by atoms with Gasteiger partial charge in [0, 0.05) is 11.3 Å². The summed E-state index contributed by atoms with van der Waals surface area (Å²) < 4.78 is 5.73. The van der Waals surface area contributed by atoms with Crippen molar-refractivity contribution >= 4 is 0 Å². The van der Waals surface area contributed by atoms with E-state index in [1.165, 1.54) is 11.1 Å². The predicted molar refractivity (Wildman–Crippen MR) is 60.4 cm³/mol. The van der Waals surface area contributed by atoms with Crippen molar-refractivity contribution in [3.8, 4) is 5.75 Å². The summed E-state index contributed by atoms with van der Waals surface area (Å²) in [6.07, 6.45) is 2.34. The fraction of sp³-hybridized carbons (Fsp3) is 0.500. The second-order valence-corrected chi connectivity index (χ2v) is 4.23. The number of rotatable bonds is 3. The van der Waals surface area contributed by atoms with Crippen LogP contribution in [0.3, 0.4) is 0 Å². The maximum atomic E-state index is 10.3. The first-order chi connectivity index (χ1) is 7.65. The van der Waals surface area contributed by atoms with Gasteiger partial charge in [0.1, 0.15) is 11.9 Å². The van der Waals surface area contributed by atoms with Crippen molar-refractivity contribution in [1.29, 1.82) is 0 Å². The number of ether oxygens (including phenoxy) is 1. The minimum absolute atomic E-state index is 0.000561. The van der Waals surface area contributed by atoms with Crippen molar-refractivity contribution in [3.05, 3.63) is 39.4 Å². The molecule has 0 aliphatic carbocycles. The van der Waals surface area contributed by atoms with Gasteiger partial charge in [-0.25, -0.2) is 0 Å². The molecule has 0 aromatic heterocycles. The molecule has 4 heteroatoms. The monoisotopic (exact) mass is 221 g/mol. The summed E-state index contributed by atoms with van der Waals surface area (Å²) in [6, 6.07) is 6.09. The predicted octanol–water partition coefficient (Wildman–Crippen LogP) is 2.36. The Kier molecular flexibility index (Phi) is 3.08. The molecule has 0 saturated heterocycles. The number of nitro groups is 1. The SMILES string of the molecule is Cc1ccc2c(c1)CCC(CC[N+](=O)[O-])O2. The summed E-state index contributed by atoms with van der Waals surface area (Å²) in [5, 5.41) is 10.3. The minimum atomic E-state index is -0.284. The Labute approximate surface area is 94.4 Å². The molecule has 1 heterocycles. The summed E-state index contributed by atoms with van der Waals surface area (Å²) in [4.78, 5) is 10.00. The lowest BCUT2D eigenvalue weighted by Crippen LogP contribution is -2.25. The van der Waals surface area contributed by atoms with E-state index in [1.54, 1.807) is 0 Å². The van der Waals surface area contributed by atoms with E-state index in [2.05, 4.69) is 13.0 Å². The first-order valence-electron chi connectivity index (χ1n) is 5.53. The Balaban J connectivity index is 2.01. The molecular weight excluding hydrogens is 206 g/mol. The minimum Gasteiger partial charge on any atom is -0.490 e. The number of aryl methyl sites for hydroxylation is 2. The average Bonchev–Trinajstić information content (AvgIpc) is 2.26. The quantitative estimate of drug-likeness (QED) is 0.581. The lowest BCUT2D eigenvalue weighted by atomic mass is 9.99. The zero-order valence-electron chi connectivity index (χ0n) is 9.31. The molecule has 0 saturated carbocycles. The molecule has 0 spiro atoms. The highest BCUT2D eigenvalue weighted by atomic mass is 16.6. The topological polar surface area (TPSA) is 52.4 Å². The molecule has 0 fully saturated rings. The Morgan fingerprint density at radius 1 is 1.56 bits per heavy atom. The van der Waals surface area contributed by atoms with Crippen LogP contribution in [0.1, 0.15) is 24.0 Å². The third-order valence-electron chi connectivity index (χ3n) is 2.88. The smallest absolute Gasteiger partial charge is 0.207 e. The standard InChI is InChI=1S/C12H15NO3/c1-9-2-5-12-10(8-9)3-4-11(16-12)6-7-13(14)15/h2,5,8,11H,3-4,6-7H2,1H3. The lowest BCUT2D eigenvalue weighted by Gasteiger charge is -2.25. The molecule has 1 atom stereocenters. The fourth-order valence-corrected chi connectivity index (χ4v) is 2.03. The maximum Gasteiger partial charge on any atom is 0.207 e. The van der Waals surface area contributed by atoms with Crippen molar-refractivity contribution in [2.45, 2.75) is 32.3 Å². The van der Waals surface area contributed by atoms with Crippen LogP contribution in [0.15, 0.2) is 18.2 Å². The fourth-order valence-electron chi connectivity index (χ4n) is 2.03. The molecule has 1 aromatic carbocycles. The third-order valence-corrected chi connectivity index (χ3v) is 2.88. The van der Waals surface area contributed by atoms with Gasteiger partial charge in [-0.15, -0.1) is 0 Å². The lowest BCUT2D eigenvalue weighted by molar-refractivity contribution is -0.481. The normalized spacial score (nSPS) is 18.7. The van der Waals surface area contributed by atoms with Gasteiger partial charge in [0.05, 0.1) is 0 Å². The highest BCUT2D eigenvalue weighted by molar-refractivity contribution is 5.38. The van der Waals surface area contributed by atoms with Crippen LogP contribution >= 0.6 is 0 Å². The van der Waals surface area contributed by atoms with Crippen LogP contribution in [-0.2, 0) is 6.42 Å². The number of hydrogen-bond acceptors (Lipinski definition) is 3. The molecular formula is C12H15NO3. The van der Waals surface area contributed by atoms with Gasteiger partial charge in [-0.3, -0.25) is 10.1 Å². The van der Waals surface area contributed by atoms with Crippen LogP contribution < -0.4 is 4.74 Å². The number of nitrogens with zero attached hydrogens (tertiary/aromatic N) is 1. The van der Waals surface area contributed by atoms with Crippen molar-refractivity contribution in [2.75, 3.05) is 6.54 Å². The molecule has 0 radical (unpaired) electrons. The largest absolute Gasteiger partial charge is 0.490 e. The van der Waals surface area contributed by atoms with Gasteiger partial charge in [0.25, 0.3) is 0 Å². The van der Waals surface area contributed by atoms with Crippen LogP contribution in [0.4, 0.5) is 0 Å². The summed E-state index contributed by atoms with van der Waals surface area (Å²) in [5.41, 5.74) is 2.45. The maximum absolute atomic E-state index is 10.3. The number of benzene rings is 1. The summed E-state index contributed by atoms with van der Waals surface area (Å²) >= 11 is 0. The van der Waals surface area contributed by atoms with E-state index in [4.69, 9.17) is 4.74 Å². The van der Waals surface area contributed by atoms with Gasteiger partial charge >= 0.3 is 0 Å². The van der Waals surface area contributed by atoms with E-state index in [0.29, 0.717) is 6.42 Å². The van der Waals surface area contributed by atoms with Crippen LogP contribution in [0.5, 0.6) is 5.75 Å². The first-order valence-corrected chi connectivity index (χ1v) is 5.53. The van der Waals surface area contributed by atoms with Gasteiger partial charge < -0.3 is 4.74 Å². The van der Waals surface area contributed by atoms with Gasteiger partial charge in [0.2, 0.25) is 6.54 Å². The van der Waals surface area contributed by atoms with Crippen LogP contribution in [0, 0.1) is 17.0 Å². The van der Waals surface area contributed by atoms with E-state index in [9.17, 15) is 10.1 Å². The molecule has 1 unspecified atom stereocenters. The zero-order valence-corrected chi connectivity index (χ0v) is 9.31. The molecule has 0 bridgehead atoms. The summed E-state index contributed by atoms with van der Waals surface area (Å²) in [6.45, 7) is 2.05. The highest BCUT2D eigenvalue weighted by Crippen LogP contribution is 2.29. The molecule has 86 valence electrons. The van der Waals surface area contributed by atoms with E-state index in [-0.39, 0.29) is 17.6 Å². The highest BCUT2D eigenvalue weighted by Gasteiger charge is 2.20. The van der Waals surface area contributed by atoms with E-state index >= 15 is 0 Å². The van der Waals surface area contributed by atoms with Gasteiger partial charge in [-0.2, -0.15) is 0 Å². The van der Waals surface area contributed by atoms with Crippen LogP contribution in [0.25, 0.3) is 0 Å². The van der Waals surface area contributed by atoms with Gasteiger partial charge in [-0.1, -0.05) is 17.7 Å². The van der Waals surface area contributed by atoms with Crippen LogP contribution in [0.2, 0.25) is 0 Å². The molecule has 0 N–H and O–H groups in total. The van der Waals surface area contributed by atoms with Crippen molar-refractivity contribution in [1.82, 2.24) is 0 Å². The Morgan fingerprint density at radius 2 is 2.38 bits per heavy atom. The number of fused-ring (bicyclic) bond motifs is 1. The van der Waals surface area contributed by atoms with Crippen molar-refractivity contribution < 1.29 is 9.66 Å². The Hall–Kier alpha value is -1.58. The molecule has 1 aromatic rings. The summed E-state index contributed by atoms with van der Waals surface area (Å²) in [7, 11) is 0. The zero-order chi connectivity index (χ0) is 11.5. The average molecular weight is 221 g/mol. The molecule has 0 amide bonds.